The van der Waals surface area contributed by atoms with Crippen molar-refractivity contribution < 1.29 is 9.59 Å². The van der Waals surface area contributed by atoms with Gasteiger partial charge >= 0.3 is 0 Å². The van der Waals surface area contributed by atoms with Crippen LogP contribution in [0.25, 0.3) is 0 Å². The summed E-state index contributed by atoms with van der Waals surface area (Å²) in [5, 5.41) is 8.33. The number of nitrogens with one attached hydrogen (secondary N) is 2. The molecule has 7 heteroatoms. The van der Waals surface area contributed by atoms with E-state index in [1.807, 2.05) is 0 Å². The van der Waals surface area contributed by atoms with Gasteiger partial charge in [0, 0.05) is 17.2 Å². The van der Waals surface area contributed by atoms with E-state index >= 15 is 0 Å². The average Bonchev–Trinajstić information content (AvgIpc) is 2.78. The molecule has 1 aliphatic heterocycles. The van der Waals surface area contributed by atoms with Crippen LogP contribution in [0.5, 0.6) is 0 Å². The van der Waals surface area contributed by atoms with E-state index in [1.165, 1.54) is 6.21 Å². The van der Waals surface area contributed by atoms with Crippen LogP contribution in [0.4, 0.5) is 0 Å². The third kappa shape index (κ3) is 4.39. The lowest BCUT2D eigenvalue weighted by Crippen LogP contribution is -2.25. The molecule has 1 aromatic carbocycles. The standard InChI is InChI=1S/C14H15ClN4O2/c1-9-12(14(21)19-17-9)6-7-13(20)18-16-8-10-2-4-11(15)5-3-10/h2-5,8,12H,6-7H2,1H3,(H,18,20)(H,19,21). The van der Waals surface area contributed by atoms with E-state index in [2.05, 4.69) is 21.1 Å². The number of nitrogens with zero attached hydrogens (tertiary/aromatic N) is 2. The number of hydrogen-bond acceptors (Lipinski definition) is 4. The summed E-state index contributed by atoms with van der Waals surface area (Å²) in [4.78, 5) is 23.1. The van der Waals surface area contributed by atoms with Crippen LogP contribution in [0.3, 0.4) is 0 Å². The number of hydrazone groups is 2. The Kier molecular flexibility index (Phi) is 5.05. The zero-order valence-electron chi connectivity index (χ0n) is 11.5. The molecule has 0 radical (unpaired) electrons. The lowest BCUT2D eigenvalue weighted by molar-refractivity contribution is -0.123. The van der Waals surface area contributed by atoms with Crippen molar-refractivity contribution in [3.8, 4) is 0 Å². The molecule has 0 fully saturated rings. The Labute approximate surface area is 127 Å². The molecule has 1 atom stereocenters. The van der Waals surface area contributed by atoms with E-state index < -0.39 is 0 Å². The van der Waals surface area contributed by atoms with Crippen molar-refractivity contribution in [1.29, 1.82) is 0 Å². The van der Waals surface area contributed by atoms with E-state index in [4.69, 9.17) is 11.6 Å². The predicted octanol–water partition coefficient (Wildman–Crippen LogP) is 1.69. The highest BCUT2D eigenvalue weighted by atomic mass is 35.5. The van der Waals surface area contributed by atoms with Crippen LogP contribution in [0.2, 0.25) is 5.02 Å². The Morgan fingerprint density at radius 3 is 2.81 bits per heavy atom. The molecule has 0 spiro atoms. The van der Waals surface area contributed by atoms with Crippen molar-refractivity contribution in [3.05, 3.63) is 34.9 Å². The van der Waals surface area contributed by atoms with Gasteiger partial charge in [-0.1, -0.05) is 23.7 Å². The van der Waals surface area contributed by atoms with Gasteiger partial charge in [-0.05, 0) is 31.0 Å². The van der Waals surface area contributed by atoms with Crippen LogP contribution in [0.15, 0.2) is 34.5 Å². The van der Waals surface area contributed by atoms with Gasteiger partial charge in [0.1, 0.15) is 0 Å². The minimum atomic E-state index is -0.323. The van der Waals surface area contributed by atoms with Gasteiger partial charge in [-0.3, -0.25) is 9.59 Å². The van der Waals surface area contributed by atoms with Crippen LogP contribution >= 0.6 is 11.6 Å². The number of carbonyl (C=O) groups is 2. The van der Waals surface area contributed by atoms with Crippen LogP contribution < -0.4 is 10.9 Å². The van der Waals surface area contributed by atoms with Crippen LogP contribution in [-0.4, -0.2) is 23.7 Å². The van der Waals surface area contributed by atoms with Crippen LogP contribution in [-0.2, 0) is 9.59 Å². The largest absolute Gasteiger partial charge is 0.273 e. The molecule has 2 rings (SSSR count). The predicted molar refractivity (Wildman–Crippen MR) is 81.2 cm³/mol. The third-order valence-corrected chi connectivity index (χ3v) is 3.35. The van der Waals surface area contributed by atoms with Crippen LogP contribution in [0, 0.1) is 5.92 Å². The molecule has 0 saturated carbocycles. The second-order valence-electron chi connectivity index (χ2n) is 4.67. The molecule has 2 N–H and O–H groups in total. The molecule has 1 heterocycles. The van der Waals surface area contributed by atoms with Gasteiger partial charge in [0.25, 0.3) is 0 Å². The van der Waals surface area contributed by atoms with Crippen molar-refractivity contribution in [2.75, 3.05) is 0 Å². The van der Waals surface area contributed by atoms with E-state index in [0.717, 1.165) is 5.56 Å². The number of rotatable bonds is 5. The van der Waals surface area contributed by atoms with Crippen molar-refractivity contribution in [2.45, 2.75) is 19.8 Å². The number of benzene rings is 1. The summed E-state index contributed by atoms with van der Waals surface area (Å²) in [6.07, 6.45) is 2.16. The molecule has 0 bridgehead atoms. The van der Waals surface area contributed by atoms with E-state index in [9.17, 15) is 9.59 Å². The summed E-state index contributed by atoms with van der Waals surface area (Å²) in [6, 6.07) is 7.07. The Morgan fingerprint density at radius 1 is 1.48 bits per heavy atom. The first-order chi connectivity index (χ1) is 10.1. The Morgan fingerprint density at radius 2 is 2.19 bits per heavy atom. The Hall–Kier alpha value is -2.21. The second-order valence-corrected chi connectivity index (χ2v) is 5.10. The first kappa shape index (κ1) is 15.2. The monoisotopic (exact) mass is 306 g/mol. The van der Waals surface area contributed by atoms with Gasteiger partial charge < -0.3 is 0 Å². The maximum absolute atomic E-state index is 11.6. The fourth-order valence-corrected chi connectivity index (χ4v) is 2.01. The molecule has 1 aromatic rings. The SMILES string of the molecule is CC1=NNC(=O)C1CCC(=O)NN=Cc1ccc(Cl)cc1. The topological polar surface area (TPSA) is 82.9 Å². The lowest BCUT2D eigenvalue weighted by Gasteiger charge is -2.06. The molecule has 2 amide bonds. The van der Waals surface area contributed by atoms with E-state index in [1.54, 1.807) is 31.2 Å². The summed E-state index contributed by atoms with van der Waals surface area (Å²) in [5.41, 5.74) is 6.35. The molecule has 6 nitrogen and oxygen atoms in total. The highest BCUT2D eigenvalue weighted by Gasteiger charge is 2.26. The molecule has 21 heavy (non-hydrogen) atoms. The third-order valence-electron chi connectivity index (χ3n) is 3.10. The van der Waals surface area contributed by atoms with Crippen LogP contribution in [0.1, 0.15) is 25.3 Å². The Balaban J connectivity index is 1.76. The first-order valence-electron chi connectivity index (χ1n) is 6.48. The minimum absolute atomic E-state index is 0.162. The molecule has 1 aliphatic rings. The van der Waals surface area contributed by atoms with Gasteiger partial charge in [0.05, 0.1) is 12.1 Å². The number of amides is 2. The summed E-state index contributed by atoms with van der Waals surface area (Å²) < 4.78 is 0. The molecule has 0 aromatic heterocycles. The minimum Gasteiger partial charge on any atom is -0.273 e. The van der Waals surface area contributed by atoms with Crippen molar-refractivity contribution in [2.24, 2.45) is 16.1 Å². The fourth-order valence-electron chi connectivity index (χ4n) is 1.89. The molecule has 0 saturated heterocycles. The molecule has 110 valence electrons. The maximum Gasteiger partial charge on any atom is 0.248 e. The zero-order chi connectivity index (χ0) is 15.2. The summed E-state index contributed by atoms with van der Waals surface area (Å²) >= 11 is 5.77. The highest BCUT2D eigenvalue weighted by Crippen LogP contribution is 2.13. The first-order valence-corrected chi connectivity index (χ1v) is 6.85. The molecule has 0 aliphatic carbocycles. The van der Waals surface area contributed by atoms with Crippen molar-refractivity contribution in [1.82, 2.24) is 10.9 Å². The van der Waals surface area contributed by atoms with E-state index in [0.29, 0.717) is 17.2 Å². The quantitative estimate of drug-likeness (QED) is 0.641. The molecule has 1 unspecified atom stereocenters. The number of halogens is 1. The maximum atomic E-state index is 11.6. The van der Waals surface area contributed by atoms with Gasteiger partial charge in [-0.2, -0.15) is 10.2 Å². The fraction of sp³-hybridized carbons (Fsp3) is 0.286. The highest BCUT2D eigenvalue weighted by molar-refractivity contribution is 6.30. The average molecular weight is 307 g/mol. The van der Waals surface area contributed by atoms with Gasteiger partial charge in [0.2, 0.25) is 11.8 Å². The Bertz CT molecular complexity index is 595. The zero-order valence-corrected chi connectivity index (χ0v) is 12.2. The summed E-state index contributed by atoms with van der Waals surface area (Å²) in [7, 11) is 0. The van der Waals surface area contributed by atoms with E-state index in [-0.39, 0.29) is 24.2 Å². The lowest BCUT2D eigenvalue weighted by atomic mass is 9.99. The number of hydrogen-bond donors (Lipinski definition) is 2. The molecular weight excluding hydrogens is 292 g/mol. The number of carbonyl (C=O) groups excluding carboxylic acids is 2. The van der Waals surface area contributed by atoms with Crippen molar-refractivity contribution in [3.63, 3.8) is 0 Å². The molecular formula is C14H15ClN4O2. The second kappa shape index (κ2) is 6.99. The van der Waals surface area contributed by atoms with Crippen molar-refractivity contribution >= 4 is 35.3 Å². The normalized spacial score (nSPS) is 17.7. The summed E-state index contributed by atoms with van der Waals surface area (Å²) in [6.45, 7) is 1.76. The van der Waals surface area contributed by atoms with Gasteiger partial charge in [-0.15, -0.1) is 0 Å². The summed E-state index contributed by atoms with van der Waals surface area (Å²) in [5.74, 6) is -0.728. The smallest absolute Gasteiger partial charge is 0.248 e. The van der Waals surface area contributed by atoms with Gasteiger partial charge in [-0.25, -0.2) is 10.9 Å². The van der Waals surface area contributed by atoms with Gasteiger partial charge in [0.15, 0.2) is 0 Å².